The summed E-state index contributed by atoms with van der Waals surface area (Å²) in [6, 6.07) is 0. The summed E-state index contributed by atoms with van der Waals surface area (Å²) in [5.74, 6) is -2.98. The Bertz CT molecular complexity index is 972. The maximum Gasteiger partial charge on any atom is 0.337 e. The van der Waals surface area contributed by atoms with Gasteiger partial charge in [0.05, 0.1) is 44.2 Å². The number of nitrogens with one attached hydrogen (secondary N) is 1. The number of carboxylic acids is 1. The van der Waals surface area contributed by atoms with Crippen LogP contribution in [0.15, 0.2) is 60.6 Å². The van der Waals surface area contributed by atoms with E-state index in [9.17, 15) is 35.1 Å². The van der Waals surface area contributed by atoms with Crippen molar-refractivity contribution in [1.29, 1.82) is 0 Å². The van der Waals surface area contributed by atoms with Gasteiger partial charge in [-0.25, -0.2) is 4.79 Å². The summed E-state index contributed by atoms with van der Waals surface area (Å²) in [4.78, 5) is 24.3. The number of carboxylic acid groups (broad SMARTS) is 1. The van der Waals surface area contributed by atoms with Crippen molar-refractivity contribution in [2.24, 2.45) is 11.8 Å². The van der Waals surface area contributed by atoms with Crippen molar-refractivity contribution in [3.63, 3.8) is 0 Å². The molecular formula is C26H35NO11. The van der Waals surface area contributed by atoms with Gasteiger partial charge in [0.15, 0.2) is 6.29 Å². The van der Waals surface area contributed by atoms with Gasteiger partial charge in [0.1, 0.15) is 31.0 Å². The number of rotatable bonds is 11. The molecule has 1 unspecified atom stereocenters. The first-order valence-corrected chi connectivity index (χ1v) is 12.3. The van der Waals surface area contributed by atoms with E-state index >= 15 is 0 Å². The number of carbonyl (C=O) groups excluding carboxylic acids is 2. The second-order valence-electron chi connectivity index (χ2n) is 9.26. The molecule has 0 radical (unpaired) electrons. The summed E-state index contributed by atoms with van der Waals surface area (Å²) in [6.07, 6.45) is 4.01. The first-order chi connectivity index (χ1) is 18.2. The maximum absolute atomic E-state index is 12.5. The van der Waals surface area contributed by atoms with E-state index in [0.717, 1.165) is 10.5 Å². The molecule has 38 heavy (non-hydrogen) atoms. The van der Waals surface area contributed by atoms with Crippen LogP contribution in [0.25, 0.3) is 0 Å². The number of methoxy groups -OCH3 is 1. The highest BCUT2D eigenvalue weighted by Gasteiger charge is 2.47. The Morgan fingerprint density at radius 3 is 2.66 bits per heavy atom. The number of aliphatic hydroxyl groups excluding tert-OH is 4. The Morgan fingerprint density at radius 1 is 1.24 bits per heavy atom. The highest BCUT2D eigenvalue weighted by Crippen LogP contribution is 2.36. The fraction of sp³-hybridized carbons (Fsp3) is 0.538. The topological polar surface area (TPSA) is 179 Å². The van der Waals surface area contributed by atoms with Crippen LogP contribution in [-0.4, -0.2) is 96.2 Å². The molecule has 3 heterocycles. The van der Waals surface area contributed by atoms with E-state index in [0.29, 0.717) is 19.5 Å². The minimum Gasteiger partial charge on any atom is -0.550 e. The summed E-state index contributed by atoms with van der Waals surface area (Å²) in [5, 5.41) is 50.6. The van der Waals surface area contributed by atoms with Gasteiger partial charge < -0.3 is 54.2 Å². The van der Waals surface area contributed by atoms with E-state index in [-0.39, 0.29) is 12.0 Å². The average molecular weight is 538 g/mol. The van der Waals surface area contributed by atoms with Gasteiger partial charge in [-0.3, -0.25) is 0 Å². The van der Waals surface area contributed by atoms with Crippen molar-refractivity contribution in [3.8, 4) is 0 Å². The quantitative estimate of drug-likeness (QED) is 0.134. The van der Waals surface area contributed by atoms with Crippen molar-refractivity contribution >= 4 is 11.9 Å². The van der Waals surface area contributed by atoms with E-state index < -0.39 is 67.4 Å². The molecule has 0 aliphatic carbocycles. The number of hydrogen-bond donors (Lipinski definition) is 5. The van der Waals surface area contributed by atoms with Crippen molar-refractivity contribution in [3.05, 3.63) is 60.6 Å². The molecule has 0 bridgehead atoms. The summed E-state index contributed by atoms with van der Waals surface area (Å²) in [7, 11) is 1.24. The van der Waals surface area contributed by atoms with E-state index in [1.807, 2.05) is 24.4 Å². The number of aliphatic hydroxyl groups is 4. The van der Waals surface area contributed by atoms with Crippen molar-refractivity contribution in [1.82, 2.24) is 0 Å². The molecule has 210 valence electrons. The molecule has 0 aromatic rings. The molecule has 12 heteroatoms. The van der Waals surface area contributed by atoms with Crippen LogP contribution in [-0.2, 0) is 28.5 Å². The zero-order valence-corrected chi connectivity index (χ0v) is 21.0. The van der Waals surface area contributed by atoms with Crippen molar-refractivity contribution in [2.75, 3.05) is 26.8 Å². The third kappa shape index (κ3) is 7.17. The predicted molar refractivity (Wildman–Crippen MR) is 128 cm³/mol. The highest BCUT2D eigenvalue weighted by atomic mass is 16.8. The Labute approximate surface area is 220 Å². The van der Waals surface area contributed by atoms with Crippen LogP contribution < -0.4 is 10.0 Å². The lowest BCUT2D eigenvalue weighted by molar-refractivity contribution is -0.842. The number of hydrogen-bond acceptors (Lipinski definition) is 11. The van der Waals surface area contributed by atoms with Crippen molar-refractivity contribution in [2.45, 2.75) is 49.8 Å². The molecule has 9 atom stereocenters. The maximum atomic E-state index is 12.5. The molecule has 0 spiro atoms. The molecule has 3 aliphatic heterocycles. The number of allylic oxidation sites excluding steroid dienone is 3. The monoisotopic (exact) mass is 537 g/mol. The van der Waals surface area contributed by atoms with Gasteiger partial charge in [0.25, 0.3) is 0 Å². The molecule has 12 nitrogen and oxygen atoms in total. The van der Waals surface area contributed by atoms with Gasteiger partial charge >= 0.3 is 5.97 Å². The Balaban J connectivity index is 1.77. The van der Waals surface area contributed by atoms with Crippen LogP contribution in [0.5, 0.6) is 0 Å². The Morgan fingerprint density at radius 2 is 2.00 bits per heavy atom. The lowest BCUT2D eigenvalue weighted by Crippen LogP contribution is -3.08. The molecule has 0 aromatic heterocycles. The third-order valence-corrected chi connectivity index (χ3v) is 6.70. The summed E-state index contributed by atoms with van der Waals surface area (Å²) >= 11 is 0. The Hall–Kier alpha value is -2.84. The lowest BCUT2D eigenvalue weighted by atomic mass is 9.83. The van der Waals surface area contributed by atoms with Crippen LogP contribution in [0, 0.1) is 11.8 Å². The molecule has 1 fully saturated rings. The average Bonchev–Trinajstić information content (AvgIpc) is 2.91. The fourth-order valence-corrected chi connectivity index (χ4v) is 4.57. The normalized spacial score (nSPS) is 35.2. The zero-order chi connectivity index (χ0) is 27.8. The van der Waals surface area contributed by atoms with Crippen LogP contribution in [0.3, 0.4) is 0 Å². The smallest absolute Gasteiger partial charge is 0.337 e. The number of quaternary nitrogens is 1. The van der Waals surface area contributed by atoms with Gasteiger partial charge in [-0.15, -0.1) is 6.58 Å². The first-order valence-electron chi connectivity index (χ1n) is 12.3. The van der Waals surface area contributed by atoms with E-state index in [2.05, 4.69) is 6.58 Å². The van der Waals surface area contributed by atoms with Crippen LogP contribution in [0.2, 0.25) is 0 Å². The number of esters is 1. The first kappa shape index (κ1) is 29.7. The van der Waals surface area contributed by atoms with Gasteiger partial charge in [-0.1, -0.05) is 18.2 Å². The molecule has 0 saturated carbocycles. The van der Waals surface area contributed by atoms with E-state index in [1.54, 1.807) is 6.08 Å². The second-order valence-corrected chi connectivity index (χ2v) is 9.26. The van der Waals surface area contributed by atoms with Crippen LogP contribution >= 0.6 is 0 Å². The van der Waals surface area contributed by atoms with Gasteiger partial charge in [-0.05, 0) is 18.6 Å². The number of aliphatic carboxylic acids is 1. The number of carbonyl (C=O) groups is 2. The van der Waals surface area contributed by atoms with Gasteiger partial charge in [0, 0.05) is 23.9 Å². The van der Waals surface area contributed by atoms with Crippen molar-refractivity contribution < 1.29 is 59.0 Å². The van der Waals surface area contributed by atoms with Crippen LogP contribution in [0.1, 0.15) is 12.8 Å². The van der Waals surface area contributed by atoms with Gasteiger partial charge in [0.2, 0.25) is 6.29 Å². The summed E-state index contributed by atoms with van der Waals surface area (Å²) in [6.45, 7) is 4.44. The third-order valence-electron chi connectivity index (χ3n) is 6.70. The standard InChI is InChI=1S/C26H35NO11/c1-3-16-17(9-8-15-6-4-10-27(12-15)11-5-7-20(29)30)18(24(34)35-2)14-36-25(16)38-26-23(33)22(32)21(31)19(13-28)37-26/h3-4,6,8-10,14,16-17,19,21-23,25-26,28,31-33H,1,5,7,11-13H2,2H3,(H,29,30)/b9-8+/t16-,17+,19-,21-,22+,23-,25+,26+/m1/s1. The van der Waals surface area contributed by atoms with E-state index in [4.69, 9.17) is 18.9 Å². The lowest BCUT2D eigenvalue weighted by Gasteiger charge is -2.42. The minimum atomic E-state index is -1.63. The molecular weight excluding hydrogens is 502 g/mol. The molecule has 0 aromatic carbocycles. The second kappa shape index (κ2) is 13.8. The number of ether oxygens (including phenoxy) is 4. The molecule has 3 rings (SSSR count). The minimum absolute atomic E-state index is 0.0154. The zero-order valence-electron chi connectivity index (χ0n) is 21.0. The molecule has 5 N–H and O–H groups in total. The highest BCUT2D eigenvalue weighted by molar-refractivity contribution is 5.89. The van der Waals surface area contributed by atoms with E-state index in [1.165, 1.54) is 19.4 Å². The molecule has 0 amide bonds. The largest absolute Gasteiger partial charge is 0.550 e. The predicted octanol–water partition coefficient (Wildman–Crippen LogP) is -2.94. The molecule has 1 saturated heterocycles. The summed E-state index contributed by atoms with van der Waals surface area (Å²) < 4.78 is 21.8. The Kier molecular flexibility index (Phi) is 10.8. The summed E-state index contributed by atoms with van der Waals surface area (Å²) in [5.41, 5.74) is 1.13. The molecule has 3 aliphatic rings. The van der Waals surface area contributed by atoms with Gasteiger partial charge in [-0.2, -0.15) is 0 Å². The SMILES string of the molecule is C=C[C@H]1[C@H](O[C@@H]2O[C@H](CO)[C@@H](O)[C@H](O)[C@H]2O)OC=C(C(=O)OC)[C@H]1/C=C/C1=CC=C[NH+](CCCC(=O)[O-])C1. The fourth-order valence-electron chi connectivity index (χ4n) is 4.57. The van der Waals surface area contributed by atoms with Crippen LogP contribution in [0.4, 0.5) is 0 Å².